The van der Waals surface area contributed by atoms with Gasteiger partial charge < -0.3 is 9.64 Å². The molecule has 0 saturated carbocycles. The molecule has 0 bridgehead atoms. The molecule has 1 amide bonds. The van der Waals surface area contributed by atoms with Gasteiger partial charge in [-0.3, -0.25) is 4.79 Å². The maximum atomic E-state index is 12.3. The van der Waals surface area contributed by atoms with Gasteiger partial charge in [0.15, 0.2) is 5.01 Å². The minimum atomic E-state index is -0.00778. The van der Waals surface area contributed by atoms with Crippen LogP contribution in [0.4, 0.5) is 0 Å². The van der Waals surface area contributed by atoms with Crippen LogP contribution in [0.3, 0.4) is 0 Å². The average molecular weight is 333 g/mol. The zero-order chi connectivity index (χ0) is 15.4. The van der Waals surface area contributed by atoms with Crippen molar-refractivity contribution in [3.05, 3.63) is 50.9 Å². The number of benzene rings is 1. The molecule has 2 heterocycles. The summed E-state index contributed by atoms with van der Waals surface area (Å²) < 4.78 is 5.25. The lowest BCUT2D eigenvalue weighted by Gasteiger charge is -2.26. The number of morpholine rings is 1. The molecular formula is C16H13ClN2O2S. The lowest BCUT2D eigenvalue weighted by atomic mass is 10.2. The minimum absolute atomic E-state index is 0.00778. The second kappa shape index (κ2) is 6.93. The summed E-state index contributed by atoms with van der Waals surface area (Å²) >= 11 is 7.36. The lowest BCUT2D eigenvalue weighted by molar-refractivity contribution is 0.0306. The van der Waals surface area contributed by atoms with Gasteiger partial charge in [-0.25, -0.2) is 4.98 Å². The standard InChI is InChI=1S/C16H13ClN2O2S/c17-13-4-2-1-3-12(13)5-6-15-18-11-14(22-15)16(20)19-7-9-21-10-8-19/h1-4,11H,7-10H2. The van der Waals surface area contributed by atoms with Gasteiger partial charge in [-0.2, -0.15) is 0 Å². The SMILES string of the molecule is O=C(c1cnc(C#Cc2ccccc2Cl)s1)N1CCOCC1. The molecule has 0 N–H and O–H groups in total. The zero-order valence-corrected chi connectivity index (χ0v) is 13.3. The van der Waals surface area contributed by atoms with Gasteiger partial charge in [-0.1, -0.05) is 29.7 Å². The Labute approximate surface area is 137 Å². The lowest BCUT2D eigenvalue weighted by Crippen LogP contribution is -2.40. The normalized spacial score (nSPS) is 14.3. The second-order valence-electron chi connectivity index (χ2n) is 4.66. The molecule has 2 aromatic rings. The van der Waals surface area contributed by atoms with Crippen LogP contribution in [0.1, 0.15) is 20.2 Å². The number of ether oxygens (including phenoxy) is 1. The summed E-state index contributed by atoms with van der Waals surface area (Å²) in [6, 6.07) is 7.38. The molecule has 1 fully saturated rings. The molecule has 6 heteroatoms. The van der Waals surface area contributed by atoms with Crippen LogP contribution in [0, 0.1) is 11.8 Å². The fourth-order valence-electron chi connectivity index (χ4n) is 2.04. The quantitative estimate of drug-likeness (QED) is 0.754. The number of aromatic nitrogens is 1. The first-order valence-electron chi connectivity index (χ1n) is 6.83. The number of rotatable bonds is 1. The van der Waals surface area contributed by atoms with Gasteiger partial charge in [-0.15, -0.1) is 11.3 Å². The van der Waals surface area contributed by atoms with Crippen LogP contribution in [0.15, 0.2) is 30.5 Å². The molecule has 1 aromatic heterocycles. The summed E-state index contributed by atoms with van der Waals surface area (Å²) in [5, 5.41) is 1.22. The van der Waals surface area contributed by atoms with Crippen molar-refractivity contribution < 1.29 is 9.53 Å². The van der Waals surface area contributed by atoms with E-state index in [1.165, 1.54) is 11.3 Å². The highest BCUT2D eigenvalue weighted by atomic mass is 35.5. The largest absolute Gasteiger partial charge is 0.378 e. The fourth-order valence-corrected chi connectivity index (χ4v) is 2.96. The smallest absolute Gasteiger partial charge is 0.265 e. The molecule has 0 aliphatic carbocycles. The molecule has 1 saturated heterocycles. The van der Waals surface area contributed by atoms with E-state index in [0.717, 1.165) is 5.56 Å². The Morgan fingerprint density at radius 1 is 1.27 bits per heavy atom. The van der Waals surface area contributed by atoms with Crippen molar-refractivity contribution in [1.82, 2.24) is 9.88 Å². The number of nitrogens with zero attached hydrogens (tertiary/aromatic N) is 2. The molecule has 0 atom stereocenters. The van der Waals surface area contributed by atoms with Crippen molar-refractivity contribution in [2.45, 2.75) is 0 Å². The summed E-state index contributed by atoms with van der Waals surface area (Å²) in [7, 11) is 0. The third-order valence-corrected chi connectivity index (χ3v) is 4.42. The van der Waals surface area contributed by atoms with E-state index in [-0.39, 0.29) is 5.91 Å². The Bertz CT molecular complexity index is 742. The third-order valence-electron chi connectivity index (χ3n) is 3.19. The first-order valence-corrected chi connectivity index (χ1v) is 8.03. The van der Waals surface area contributed by atoms with Crippen LogP contribution in [-0.4, -0.2) is 42.1 Å². The van der Waals surface area contributed by atoms with E-state index >= 15 is 0 Å². The summed E-state index contributed by atoms with van der Waals surface area (Å²) in [4.78, 5) is 18.9. The zero-order valence-electron chi connectivity index (χ0n) is 11.7. The Kier molecular flexibility index (Phi) is 4.74. The van der Waals surface area contributed by atoms with E-state index in [1.54, 1.807) is 17.2 Å². The Balaban J connectivity index is 1.74. The fraction of sp³-hybridized carbons (Fsp3) is 0.250. The minimum Gasteiger partial charge on any atom is -0.378 e. The van der Waals surface area contributed by atoms with Crippen LogP contribution < -0.4 is 0 Å². The van der Waals surface area contributed by atoms with E-state index in [1.807, 2.05) is 18.2 Å². The van der Waals surface area contributed by atoms with Crippen LogP contribution in [0.5, 0.6) is 0 Å². The first-order chi connectivity index (χ1) is 10.7. The molecule has 4 nitrogen and oxygen atoms in total. The van der Waals surface area contributed by atoms with Gasteiger partial charge in [0, 0.05) is 18.7 Å². The summed E-state index contributed by atoms with van der Waals surface area (Å²) in [5.41, 5.74) is 0.750. The van der Waals surface area contributed by atoms with Crippen molar-refractivity contribution >= 4 is 28.8 Å². The van der Waals surface area contributed by atoms with E-state index in [2.05, 4.69) is 16.8 Å². The van der Waals surface area contributed by atoms with Gasteiger partial charge >= 0.3 is 0 Å². The maximum Gasteiger partial charge on any atom is 0.265 e. The molecule has 112 valence electrons. The maximum absolute atomic E-state index is 12.3. The summed E-state index contributed by atoms with van der Waals surface area (Å²) in [6.45, 7) is 2.42. The molecule has 22 heavy (non-hydrogen) atoms. The molecule has 0 radical (unpaired) electrons. The monoisotopic (exact) mass is 332 g/mol. The van der Waals surface area contributed by atoms with Crippen LogP contribution in [0.25, 0.3) is 0 Å². The average Bonchev–Trinajstić information content (AvgIpc) is 3.03. The number of thiazole rings is 1. The van der Waals surface area contributed by atoms with Gasteiger partial charge in [0.1, 0.15) is 4.88 Å². The summed E-state index contributed by atoms with van der Waals surface area (Å²) in [6.07, 6.45) is 1.58. The van der Waals surface area contributed by atoms with E-state index in [9.17, 15) is 4.79 Å². The molecule has 1 aromatic carbocycles. The van der Waals surface area contributed by atoms with Crippen LogP contribution >= 0.6 is 22.9 Å². The summed E-state index contributed by atoms with van der Waals surface area (Å²) in [5.74, 6) is 5.93. The number of carbonyl (C=O) groups excluding carboxylic acids is 1. The van der Waals surface area contributed by atoms with Crippen molar-refractivity contribution in [2.24, 2.45) is 0 Å². The van der Waals surface area contributed by atoms with E-state index in [4.69, 9.17) is 16.3 Å². The van der Waals surface area contributed by atoms with Gasteiger partial charge in [0.2, 0.25) is 0 Å². The highest BCUT2D eigenvalue weighted by molar-refractivity contribution is 7.14. The predicted molar refractivity (Wildman–Crippen MR) is 86.3 cm³/mol. The first kappa shape index (κ1) is 15.0. The topological polar surface area (TPSA) is 42.4 Å². The van der Waals surface area contributed by atoms with E-state index < -0.39 is 0 Å². The van der Waals surface area contributed by atoms with Gasteiger partial charge in [-0.05, 0) is 18.1 Å². The van der Waals surface area contributed by atoms with Gasteiger partial charge in [0.25, 0.3) is 5.91 Å². The second-order valence-corrected chi connectivity index (χ2v) is 6.10. The van der Waals surface area contributed by atoms with Crippen molar-refractivity contribution in [2.75, 3.05) is 26.3 Å². The number of carbonyl (C=O) groups is 1. The predicted octanol–water partition coefficient (Wildman–Crippen LogP) is 2.67. The molecule has 3 rings (SSSR count). The highest BCUT2D eigenvalue weighted by Crippen LogP contribution is 2.17. The molecule has 0 spiro atoms. The third kappa shape index (κ3) is 3.47. The molecular weight excluding hydrogens is 320 g/mol. The van der Waals surface area contributed by atoms with Crippen molar-refractivity contribution in [1.29, 1.82) is 0 Å². The molecule has 0 unspecified atom stereocenters. The molecule has 1 aliphatic heterocycles. The Hall–Kier alpha value is -1.87. The number of halogens is 1. The van der Waals surface area contributed by atoms with Crippen molar-refractivity contribution in [3.63, 3.8) is 0 Å². The van der Waals surface area contributed by atoms with Gasteiger partial charge in [0.05, 0.1) is 24.4 Å². The highest BCUT2D eigenvalue weighted by Gasteiger charge is 2.20. The van der Waals surface area contributed by atoms with Crippen LogP contribution in [0.2, 0.25) is 5.02 Å². The number of hydrogen-bond acceptors (Lipinski definition) is 4. The Morgan fingerprint density at radius 2 is 2.05 bits per heavy atom. The number of amides is 1. The number of hydrogen-bond donors (Lipinski definition) is 0. The Morgan fingerprint density at radius 3 is 2.82 bits per heavy atom. The van der Waals surface area contributed by atoms with Crippen molar-refractivity contribution in [3.8, 4) is 11.8 Å². The molecule has 1 aliphatic rings. The van der Waals surface area contributed by atoms with E-state index in [0.29, 0.717) is 41.2 Å². The van der Waals surface area contributed by atoms with Crippen LogP contribution in [-0.2, 0) is 4.74 Å².